The highest BCUT2D eigenvalue weighted by atomic mass is 32.1. The monoisotopic (exact) mass is 292 g/mol. The summed E-state index contributed by atoms with van der Waals surface area (Å²) in [6, 6.07) is 9.65. The standard InChI is InChI=1S/C16H24N2OS/c1-11(2)10-12(3)18(4)16(19)14(15(17)20)13-8-6-5-7-9-13/h5-9,11-12,14H,10H2,1-4H3,(H2,17,20). The molecule has 1 amide bonds. The predicted molar refractivity (Wildman–Crippen MR) is 87.7 cm³/mol. The molecule has 0 aliphatic carbocycles. The Balaban J connectivity index is 2.93. The first-order chi connectivity index (χ1) is 9.34. The Morgan fingerprint density at radius 2 is 1.80 bits per heavy atom. The lowest BCUT2D eigenvalue weighted by Gasteiger charge is -2.30. The van der Waals surface area contributed by atoms with Crippen LogP contribution in [-0.2, 0) is 4.79 Å². The van der Waals surface area contributed by atoms with E-state index in [1.807, 2.05) is 37.4 Å². The second kappa shape index (κ2) is 7.39. The van der Waals surface area contributed by atoms with E-state index in [4.69, 9.17) is 18.0 Å². The third kappa shape index (κ3) is 4.30. The molecule has 0 aromatic heterocycles. The molecule has 1 rings (SSSR count). The molecule has 1 aromatic carbocycles. The minimum atomic E-state index is -0.536. The zero-order valence-electron chi connectivity index (χ0n) is 12.7. The second-order valence-corrected chi connectivity index (χ2v) is 6.15. The number of likely N-dealkylation sites (N-methyl/N-ethyl adjacent to an activating group) is 1. The van der Waals surface area contributed by atoms with E-state index in [0.717, 1.165) is 12.0 Å². The normalized spacial score (nSPS) is 13.8. The molecular formula is C16H24N2OS. The van der Waals surface area contributed by atoms with Gasteiger partial charge >= 0.3 is 0 Å². The summed E-state index contributed by atoms with van der Waals surface area (Å²) in [5.74, 6) is -0.0251. The molecule has 0 heterocycles. The van der Waals surface area contributed by atoms with Crippen molar-refractivity contribution in [3.63, 3.8) is 0 Å². The summed E-state index contributed by atoms with van der Waals surface area (Å²) >= 11 is 5.10. The predicted octanol–water partition coefficient (Wildman–Crippen LogP) is 2.95. The summed E-state index contributed by atoms with van der Waals surface area (Å²) in [5.41, 5.74) is 6.65. The number of carbonyl (C=O) groups is 1. The van der Waals surface area contributed by atoms with Gasteiger partial charge in [0, 0.05) is 13.1 Å². The molecule has 2 atom stereocenters. The zero-order chi connectivity index (χ0) is 15.3. The van der Waals surface area contributed by atoms with E-state index in [2.05, 4.69) is 20.8 Å². The highest BCUT2D eigenvalue weighted by Gasteiger charge is 2.28. The fourth-order valence-electron chi connectivity index (χ4n) is 2.34. The van der Waals surface area contributed by atoms with Crippen LogP contribution in [0.2, 0.25) is 0 Å². The Labute approximate surface area is 127 Å². The van der Waals surface area contributed by atoms with Gasteiger partial charge in [-0.05, 0) is 24.8 Å². The number of nitrogens with zero attached hydrogens (tertiary/aromatic N) is 1. The van der Waals surface area contributed by atoms with Crippen molar-refractivity contribution in [2.75, 3.05) is 7.05 Å². The van der Waals surface area contributed by atoms with Crippen molar-refractivity contribution < 1.29 is 4.79 Å². The number of thiocarbonyl (C=S) groups is 1. The molecule has 20 heavy (non-hydrogen) atoms. The zero-order valence-corrected chi connectivity index (χ0v) is 13.5. The molecule has 1 aromatic rings. The van der Waals surface area contributed by atoms with Gasteiger partial charge in [-0.25, -0.2) is 0 Å². The van der Waals surface area contributed by atoms with Gasteiger partial charge in [-0.1, -0.05) is 56.4 Å². The fourth-order valence-corrected chi connectivity index (χ4v) is 2.57. The lowest BCUT2D eigenvalue weighted by molar-refractivity contribution is -0.131. The molecule has 0 radical (unpaired) electrons. The molecule has 0 aliphatic rings. The van der Waals surface area contributed by atoms with E-state index >= 15 is 0 Å². The maximum absolute atomic E-state index is 12.7. The maximum Gasteiger partial charge on any atom is 0.236 e. The molecule has 3 nitrogen and oxygen atoms in total. The van der Waals surface area contributed by atoms with Gasteiger partial charge in [-0.15, -0.1) is 0 Å². The van der Waals surface area contributed by atoms with Gasteiger partial charge in [0.2, 0.25) is 5.91 Å². The average Bonchev–Trinajstić information content (AvgIpc) is 2.37. The first-order valence-electron chi connectivity index (χ1n) is 6.95. The number of rotatable bonds is 6. The van der Waals surface area contributed by atoms with Crippen molar-refractivity contribution in [3.8, 4) is 0 Å². The third-order valence-corrected chi connectivity index (χ3v) is 3.72. The van der Waals surface area contributed by atoms with Crippen LogP contribution in [0.4, 0.5) is 0 Å². The maximum atomic E-state index is 12.7. The van der Waals surface area contributed by atoms with Crippen LogP contribution in [0.5, 0.6) is 0 Å². The van der Waals surface area contributed by atoms with Crippen LogP contribution in [0.25, 0.3) is 0 Å². The van der Waals surface area contributed by atoms with E-state index in [-0.39, 0.29) is 16.9 Å². The summed E-state index contributed by atoms with van der Waals surface area (Å²) < 4.78 is 0. The fraction of sp³-hybridized carbons (Fsp3) is 0.500. The molecule has 2 N–H and O–H groups in total. The van der Waals surface area contributed by atoms with Gasteiger partial charge in [-0.3, -0.25) is 4.79 Å². The van der Waals surface area contributed by atoms with Gasteiger partial charge in [0.05, 0.1) is 4.99 Å². The smallest absolute Gasteiger partial charge is 0.236 e. The third-order valence-electron chi connectivity index (χ3n) is 3.49. The average molecular weight is 292 g/mol. The van der Waals surface area contributed by atoms with E-state index in [1.54, 1.807) is 4.90 Å². The van der Waals surface area contributed by atoms with E-state index in [1.165, 1.54) is 0 Å². The molecule has 0 fully saturated rings. The van der Waals surface area contributed by atoms with E-state index in [9.17, 15) is 4.79 Å². The first-order valence-corrected chi connectivity index (χ1v) is 7.36. The Bertz CT molecular complexity index is 459. The van der Waals surface area contributed by atoms with Crippen molar-refractivity contribution in [1.82, 2.24) is 4.90 Å². The first kappa shape index (κ1) is 16.6. The summed E-state index contributed by atoms with van der Waals surface area (Å²) in [6.45, 7) is 6.35. The van der Waals surface area contributed by atoms with E-state index < -0.39 is 5.92 Å². The summed E-state index contributed by atoms with van der Waals surface area (Å²) in [5, 5.41) is 0. The van der Waals surface area contributed by atoms with Gasteiger partial charge in [0.15, 0.2) is 0 Å². The van der Waals surface area contributed by atoms with Crippen LogP contribution >= 0.6 is 12.2 Å². The van der Waals surface area contributed by atoms with Crippen molar-refractivity contribution in [3.05, 3.63) is 35.9 Å². The number of carbonyl (C=O) groups excluding carboxylic acids is 1. The van der Waals surface area contributed by atoms with Crippen molar-refractivity contribution in [2.24, 2.45) is 11.7 Å². The van der Waals surface area contributed by atoms with E-state index in [0.29, 0.717) is 5.92 Å². The van der Waals surface area contributed by atoms with Crippen LogP contribution in [0.15, 0.2) is 30.3 Å². The Hall–Kier alpha value is -1.42. The second-order valence-electron chi connectivity index (χ2n) is 5.67. The van der Waals surface area contributed by atoms with Gasteiger partial charge in [0.1, 0.15) is 5.92 Å². The largest absolute Gasteiger partial charge is 0.392 e. The topological polar surface area (TPSA) is 46.3 Å². The molecule has 0 aliphatic heterocycles. The SMILES string of the molecule is CC(C)CC(C)N(C)C(=O)C(C(N)=S)c1ccccc1. The summed E-state index contributed by atoms with van der Waals surface area (Å²) in [7, 11) is 1.82. The van der Waals surface area contributed by atoms with Crippen LogP contribution in [-0.4, -0.2) is 28.9 Å². The van der Waals surface area contributed by atoms with Crippen LogP contribution in [0, 0.1) is 5.92 Å². The molecule has 4 heteroatoms. The van der Waals surface area contributed by atoms with Crippen LogP contribution in [0.3, 0.4) is 0 Å². The minimum Gasteiger partial charge on any atom is -0.392 e. The highest BCUT2D eigenvalue weighted by molar-refractivity contribution is 7.80. The Kier molecular flexibility index (Phi) is 6.14. The molecule has 2 unspecified atom stereocenters. The molecular weight excluding hydrogens is 268 g/mol. The molecule has 0 spiro atoms. The number of hydrogen-bond acceptors (Lipinski definition) is 2. The number of benzene rings is 1. The van der Waals surface area contributed by atoms with Gasteiger partial charge in [0.25, 0.3) is 0 Å². The molecule has 0 saturated carbocycles. The Morgan fingerprint density at radius 3 is 2.25 bits per heavy atom. The number of amides is 1. The lowest BCUT2D eigenvalue weighted by atomic mass is 9.96. The molecule has 0 bridgehead atoms. The van der Waals surface area contributed by atoms with Crippen molar-refractivity contribution in [2.45, 2.75) is 39.2 Å². The minimum absolute atomic E-state index is 0.0307. The highest BCUT2D eigenvalue weighted by Crippen LogP contribution is 2.21. The molecule has 0 saturated heterocycles. The number of nitrogens with two attached hydrogens (primary N) is 1. The summed E-state index contributed by atoms with van der Waals surface area (Å²) in [4.78, 5) is 14.7. The van der Waals surface area contributed by atoms with Crippen LogP contribution < -0.4 is 5.73 Å². The van der Waals surface area contributed by atoms with Gasteiger partial charge in [-0.2, -0.15) is 0 Å². The Morgan fingerprint density at radius 1 is 1.25 bits per heavy atom. The summed E-state index contributed by atoms with van der Waals surface area (Å²) in [6.07, 6.45) is 0.959. The van der Waals surface area contributed by atoms with Crippen molar-refractivity contribution in [1.29, 1.82) is 0 Å². The van der Waals surface area contributed by atoms with Gasteiger partial charge < -0.3 is 10.6 Å². The van der Waals surface area contributed by atoms with Crippen molar-refractivity contribution >= 4 is 23.1 Å². The number of hydrogen-bond donors (Lipinski definition) is 1. The molecule has 110 valence electrons. The lowest BCUT2D eigenvalue weighted by Crippen LogP contribution is -2.42. The van der Waals surface area contributed by atoms with Crippen LogP contribution in [0.1, 0.15) is 38.7 Å². The quantitative estimate of drug-likeness (QED) is 0.820.